The number of anilines is 1. The Balaban J connectivity index is 1.52. The van der Waals surface area contributed by atoms with E-state index >= 15 is 0 Å². The van der Waals surface area contributed by atoms with Gasteiger partial charge in [0.2, 0.25) is 5.78 Å². The summed E-state index contributed by atoms with van der Waals surface area (Å²) >= 11 is 0. The molecule has 0 bridgehead atoms. The first-order chi connectivity index (χ1) is 16.3. The number of hydrazine groups is 1. The number of aliphatic imine (C=N–C) groups is 1. The van der Waals surface area contributed by atoms with Gasteiger partial charge in [0.25, 0.3) is 10.1 Å². The van der Waals surface area contributed by atoms with Gasteiger partial charge in [0.1, 0.15) is 18.1 Å². The summed E-state index contributed by atoms with van der Waals surface area (Å²) in [5.41, 5.74) is 1.61. The average molecular weight is 486 g/mol. The van der Waals surface area contributed by atoms with Crippen molar-refractivity contribution in [2.45, 2.75) is 31.8 Å². The standard InChI is InChI=1S/C21H23N7O5S/c1-3-27-21(29)25(10-12-33-34(30,31)15-8-6-14(2)7-9-15)20-24-19-18(28(20)27)17(23-13-26(19)22)16-5-4-11-32-16/h4-9,11H,3,10,12-13,22H2,1-2H3. The van der Waals surface area contributed by atoms with Crippen LogP contribution in [0.1, 0.15) is 23.9 Å². The van der Waals surface area contributed by atoms with Crippen LogP contribution < -0.4 is 16.5 Å². The van der Waals surface area contributed by atoms with Crippen LogP contribution in [0.2, 0.25) is 0 Å². The van der Waals surface area contributed by atoms with Gasteiger partial charge in [-0.15, -0.1) is 0 Å². The van der Waals surface area contributed by atoms with Crippen LogP contribution >= 0.6 is 0 Å². The fraction of sp³-hybridized carbons (Fsp3) is 0.286. The highest BCUT2D eigenvalue weighted by Gasteiger charge is 2.31. The van der Waals surface area contributed by atoms with Crippen LogP contribution in [0.4, 0.5) is 5.82 Å². The summed E-state index contributed by atoms with van der Waals surface area (Å²) in [6, 6.07) is 9.86. The quantitative estimate of drug-likeness (QED) is 0.303. The third-order valence-corrected chi connectivity index (χ3v) is 6.87. The van der Waals surface area contributed by atoms with E-state index in [9.17, 15) is 13.2 Å². The molecule has 3 aromatic heterocycles. The van der Waals surface area contributed by atoms with Gasteiger partial charge in [-0.25, -0.2) is 19.8 Å². The lowest BCUT2D eigenvalue weighted by molar-refractivity contribution is 0.300. The third kappa shape index (κ3) is 3.54. The highest BCUT2D eigenvalue weighted by molar-refractivity contribution is 7.86. The summed E-state index contributed by atoms with van der Waals surface area (Å²) in [5.74, 6) is 7.36. The van der Waals surface area contributed by atoms with Gasteiger partial charge in [-0.2, -0.15) is 13.4 Å². The van der Waals surface area contributed by atoms with E-state index in [-0.39, 0.29) is 30.4 Å². The molecular formula is C21H23N7O5S. The smallest absolute Gasteiger partial charge is 0.346 e. The van der Waals surface area contributed by atoms with Gasteiger partial charge in [0, 0.05) is 6.54 Å². The van der Waals surface area contributed by atoms with E-state index in [1.807, 2.05) is 13.8 Å². The van der Waals surface area contributed by atoms with Crippen molar-refractivity contribution in [2.24, 2.45) is 10.8 Å². The molecule has 0 saturated heterocycles. The molecule has 0 aliphatic carbocycles. The minimum Gasteiger partial charge on any atom is -0.463 e. The van der Waals surface area contributed by atoms with Gasteiger partial charge >= 0.3 is 5.69 Å². The Kier molecular flexibility index (Phi) is 5.38. The summed E-state index contributed by atoms with van der Waals surface area (Å²) in [5, 5.41) is 1.38. The molecule has 12 nitrogen and oxygen atoms in total. The van der Waals surface area contributed by atoms with Crippen LogP contribution in [-0.2, 0) is 27.4 Å². The average Bonchev–Trinajstić information content (AvgIpc) is 3.52. The molecule has 13 heteroatoms. The second-order valence-electron chi connectivity index (χ2n) is 7.73. The lowest BCUT2D eigenvalue weighted by Gasteiger charge is -2.21. The second kappa shape index (κ2) is 8.27. The largest absolute Gasteiger partial charge is 0.463 e. The van der Waals surface area contributed by atoms with Crippen molar-refractivity contribution in [3.63, 3.8) is 0 Å². The van der Waals surface area contributed by atoms with Crippen molar-refractivity contribution in [1.82, 2.24) is 18.7 Å². The second-order valence-corrected chi connectivity index (χ2v) is 9.35. The SMILES string of the molecule is CCn1c(=O)n(CCOS(=O)(=O)c2ccc(C)cc2)c2nc3c(n21)C(c1ccco1)=NCN3N. The number of nitrogens with zero attached hydrogens (tertiary/aromatic N) is 6. The number of furan rings is 1. The zero-order valence-corrected chi connectivity index (χ0v) is 19.4. The number of nitrogens with two attached hydrogens (primary N) is 1. The summed E-state index contributed by atoms with van der Waals surface area (Å²) in [6.45, 7) is 3.91. The van der Waals surface area contributed by atoms with E-state index in [4.69, 9.17) is 14.4 Å². The van der Waals surface area contributed by atoms with Gasteiger partial charge in [-0.05, 0) is 38.1 Å². The van der Waals surface area contributed by atoms with Crippen molar-refractivity contribution in [2.75, 3.05) is 18.3 Å². The summed E-state index contributed by atoms with van der Waals surface area (Å²) in [6.07, 6.45) is 1.54. The first-order valence-electron chi connectivity index (χ1n) is 10.6. The van der Waals surface area contributed by atoms with Crippen LogP contribution in [0.3, 0.4) is 0 Å². The number of rotatable bonds is 7. The number of fused-ring (bicyclic) bond motifs is 3. The monoisotopic (exact) mass is 485 g/mol. The van der Waals surface area contributed by atoms with Gasteiger partial charge in [0.15, 0.2) is 11.6 Å². The molecule has 0 atom stereocenters. The molecule has 1 aromatic carbocycles. The maximum atomic E-state index is 13.2. The van der Waals surface area contributed by atoms with Gasteiger partial charge in [0.05, 0.1) is 24.3 Å². The van der Waals surface area contributed by atoms with Gasteiger partial charge in [-0.1, -0.05) is 17.7 Å². The summed E-state index contributed by atoms with van der Waals surface area (Å²) in [4.78, 5) is 22.3. The van der Waals surface area contributed by atoms with Crippen LogP contribution in [0.15, 0.2) is 61.8 Å². The maximum absolute atomic E-state index is 13.2. The third-order valence-electron chi connectivity index (χ3n) is 5.55. The Morgan fingerprint density at radius 3 is 2.65 bits per heavy atom. The maximum Gasteiger partial charge on any atom is 0.346 e. The molecule has 1 aliphatic heterocycles. The predicted molar refractivity (Wildman–Crippen MR) is 123 cm³/mol. The molecule has 178 valence electrons. The number of aryl methyl sites for hydroxylation is 2. The molecule has 34 heavy (non-hydrogen) atoms. The first kappa shape index (κ1) is 22.1. The molecule has 4 heterocycles. The van der Waals surface area contributed by atoms with E-state index in [2.05, 4.69) is 9.98 Å². The van der Waals surface area contributed by atoms with Crippen molar-refractivity contribution in [3.8, 4) is 0 Å². The molecule has 4 aromatic rings. The molecule has 0 spiro atoms. The van der Waals surface area contributed by atoms with Crippen molar-refractivity contribution in [1.29, 1.82) is 0 Å². The van der Waals surface area contributed by atoms with E-state index < -0.39 is 10.1 Å². The van der Waals surface area contributed by atoms with Crippen LogP contribution in [0, 0.1) is 6.92 Å². The molecule has 0 unspecified atom stereocenters. The van der Waals surface area contributed by atoms with Crippen molar-refractivity contribution < 1.29 is 17.0 Å². The lowest BCUT2D eigenvalue weighted by Crippen LogP contribution is -2.37. The number of hydrogen-bond acceptors (Lipinski definition) is 9. The Bertz CT molecular complexity index is 1540. The first-order valence-corrected chi connectivity index (χ1v) is 12.0. The number of benzene rings is 1. The zero-order valence-electron chi connectivity index (χ0n) is 18.6. The lowest BCUT2D eigenvalue weighted by atomic mass is 10.2. The molecular weight excluding hydrogens is 462 g/mol. The van der Waals surface area contributed by atoms with Crippen LogP contribution in [0.25, 0.3) is 5.78 Å². The minimum absolute atomic E-state index is 0.0336. The van der Waals surface area contributed by atoms with E-state index in [1.165, 1.54) is 32.7 Å². The summed E-state index contributed by atoms with van der Waals surface area (Å²) < 4.78 is 40.3. The van der Waals surface area contributed by atoms with Gasteiger partial charge in [-0.3, -0.25) is 18.8 Å². The number of aromatic nitrogens is 4. The van der Waals surface area contributed by atoms with Crippen LogP contribution in [-0.4, -0.2) is 46.2 Å². The highest BCUT2D eigenvalue weighted by Crippen LogP contribution is 2.27. The summed E-state index contributed by atoms with van der Waals surface area (Å²) in [7, 11) is -3.97. The van der Waals surface area contributed by atoms with Crippen molar-refractivity contribution >= 4 is 27.4 Å². The fourth-order valence-electron chi connectivity index (χ4n) is 3.89. The molecule has 2 N–H and O–H groups in total. The normalized spacial score (nSPS) is 14.0. The van der Waals surface area contributed by atoms with E-state index in [0.717, 1.165) is 5.56 Å². The zero-order chi connectivity index (χ0) is 24.0. The minimum atomic E-state index is -3.97. The molecule has 1 aliphatic rings. The number of imidazole rings is 1. The topological polar surface area (TPSA) is 142 Å². The number of hydrogen-bond donors (Lipinski definition) is 1. The van der Waals surface area contributed by atoms with Gasteiger partial charge < -0.3 is 4.42 Å². The van der Waals surface area contributed by atoms with E-state index in [1.54, 1.807) is 28.8 Å². The van der Waals surface area contributed by atoms with Crippen molar-refractivity contribution in [3.05, 3.63) is 70.2 Å². The van der Waals surface area contributed by atoms with E-state index in [0.29, 0.717) is 35.3 Å². The Morgan fingerprint density at radius 2 is 1.97 bits per heavy atom. The molecule has 0 amide bonds. The van der Waals surface area contributed by atoms with Crippen LogP contribution in [0.5, 0.6) is 0 Å². The molecule has 5 rings (SSSR count). The predicted octanol–water partition coefficient (Wildman–Crippen LogP) is 1.11. The Hall–Kier alpha value is -3.68. The molecule has 0 radical (unpaired) electrons. The Morgan fingerprint density at radius 1 is 1.21 bits per heavy atom. The fourth-order valence-corrected chi connectivity index (χ4v) is 4.79. The molecule has 0 saturated carbocycles. The highest BCUT2D eigenvalue weighted by atomic mass is 32.2. The Labute approximate surface area is 194 Å². The molecule has 0 fully saturated rings.